The number of amides is 2. The maximum absolute atomic E-state index is 12.3. The number of fused-ring (bicyclic) bond motifs is 1. The highest BCUT2D eigenvalue weighted by molar-refractivity contribution is 5.94. The fourth-order valence-electron chi connectivity index (χ4n) is 3.59. The number of nitrogens with one attached hydrogen (secondary N) is 2. The van der Waals surface area contributed by atoms with Crippen LogP contribution in [0.25, 0.3) is 11.0 Å². The molecule has 0 aliphatic heterocycles. The first-order valence-corrected chi connectivity index (χ1v) is 10.7. The highest BCUT2D eigenvalue weighted by atomic mass is 16.2. The summed E-state index contributed by atoms with van der Waals surface area (Å²) in [5, 5.41) is 5.79. The zero-order chi connectivity index (χ0) is 22.3. The molecule has 0 spiro atoms. The van der Waals surface area contributed by atoms with Crippen LogP contribution in [-0.2, 0) is 17.9 Å². The highest BCUT2D eigenvalue weighted by Gasteiger charge is 2.13. The van der Waals surface area contributed by atoms with Crippen molar-refractivity contribution in [2.45, 2.75) is 32.5 Å². The van der Waals surface area contributed by atoms with E-state index in [-0.39, 0.29) is 24.3 Å². The van der Waals surface area contributed by atoms with Crippen LogP contribution in [0.15, 0.2) is 85.2 Å². The molecule has 1 heterocycles. The highest BCUT2D eigenvalue weighted by Crippen LogP contribution is 2.14. The van der Waals surface area contributed by atoms with Gasteiger partial charge >= 0.3 is 0 Å². The Morgan fingerprint density at radius 2 is 1.59 bits per heavy atom. The van der Waals surface area contributed by atoms with Gasteiger partial charge in [0.1, 0.15) is 0 Å². The second-order valence-corrected chi connectivity index (χ2v) is 7.90. The first-order valence-electron chi connectivity index (χ1n) is 10.7. The molecule has 1 unspecified atom stereocenters. The lowest BCUT2D eigenvalue weighted by Crippen LogP contribution is -2.37. The van der Waals surface area contributed by atoms with Gasteiger partial charge in [0, 0.05) is 31.1 Å². The van der Waals surface area contributed by atoms with Gasteiger partial charge in [-0.2, -0.15) is 0 Å². The molecule has 0 fully saturated rings. The summed E-state index contributed by atoms with van der Waals surface area (Å²) in [6.45, 7) is 3.02. The van der Waals surface area contributed by atoms with E-state index < -0.39 is 0 Å². The van der Waals surface area contributed by atoms with E-state index in [4.69, 9.17) is 0 Å². The smallest absolute Gasteiger partial charge is 0.251 e. The van der Waals surface area contributed by atoms with Crippen LogP contribution in [0.1, 0.15) is 34.8 Å². The van der Waals surface area contributed by atoms with Crippen LogP contribution in [-0.4, -0.2) is 27.4 Å². The predicted molar refractivity (Wildman–Crippen MR) is 125 cm³/mol. The zero-order valence-corrected chi connectivity index (χ0v) is 18.0. The van der Waals surface area contributed by atoms with Crippen LogP contribution in [0.3, 0.4) is 0 Å². The fourth-order valence-corrected chi connectivity index (χ4v) is 3.59. The molecule has 0 aliphatic carbocycles. The third kappa shape index (κ3) is 5.40. The average Bonchev–Trinajstić information content (AvgIpc) is 3.22. The Morgan fingerprint density at radius 1 is 0.906 bits per heavy atom. The molecule has 1 aromatic heterocycles. The van der Waals surface area contributed by atoms with Crippen LogP contribution < -0.4 is 10.6 Å². The van der Waals surface area contributed by atoms with Crippen LogP contribution in [0.5, 0.6) is 0 Å². The first-order chi connectivity index (χ1) is 15.6. The molecule has 162 valence electrons. The average molecular weight is 427 g/mol. The Kier molecular flexibility index (Phi) is 6.60. The van der Waals surface area contributed by atoms with Crippen molar-refractivity contribution < 1.29 is 9.59 Å². The van der Waals surface area contributed by atoms with Gasteiger partial charge in [-0.1, -0.05) is 54.6 Å². The van der Waals surface area contributed by atoms with E-state index >= 15 is 0 Å². The summed E-state index contributed by atoms with van der Waals surface area (Å²) in [7, 11) is 0. The lowest BCUT2D eigenvalue weighted by molar-refractivity contribution is -0.121. The number of carbonyl (C=O) groups excluding carboxylic acids is 2. The molecule has 1 atom stereocenters. The molecular formula is C26H26N4O2. The Hall–Kier alpha value is -3.93. The number of para-hydroxylation sites is 2. The van der Waals surface area contributed by atoms with Crippen LogP contribution in [0, 0.1) is 0 Å². The van der Waals surface area contributed by atoms with Gasteiger partial charge < -0.3 is 15.2 Å². The van der Waals surface area contributed by atoms with Crippen molar-refractivity contribution in [2.24, 2.45) is 0 Å². The summed E-state index contributed by atoms with van der Waals surface area (Å²) < 4.78 is 2.12. The quantitative estimate of drug-likeness (QED) is 0.449. The molecule has 0 bridgehead atoms. The van der Waals surface area contributed by atoms with Gasteiger partial charge in [-0.05, 0) is 42.3 Å². The Labute approximate surface area is 187 Å². The summed E-state index contributed by atoms with van der Waals surface area (Å²) in [6, 6.07) is 25.0. The molecule has 0 radical (unpaired) electrons. The molecule has 32 heavy (non-hydrogen) atoms. The van der Waals surface area contributed by atoms with Gasteiger partial charge in [0.2, 0.25) is 5.91 Å². The van der Waals surface area contributed by atoms with Gasteiger partial charge in [-0.3, -0.25) is 9.59 Å². The lowest BCUT2D eigenvalue weighted by atomic mass is 10.1. The number of hydrogen-bond acceptors (Lipinski definition) is 3. The molecule has 0 saturated carbocycles. The molecule has 0 aliphatic rings. The van der Waals surface area contributed by atoms with E-state index in [1.54, 1.807) is 12.1 Å². The maximum Gasteiger partial charge on any atom is 0.251 e. The van der Waals surface area contributed by atoms with Gasteiger partial charge in [0.05, 0.1) is 17.4 Å². The molecule has 0 saturated heterocycles. The molecule has 6 heteroatoms. The van der Waals surface area contributed by atoms with Gasteiger partial charge in [0.15, 0.2) is 0 Å². The third-order valence-electron chi connectivity index (χ3n) is 5.30. The van der Waals surface area contributed by atoms with E-state index in [1.807, 2.05) is 61.8 Å². The van der Waals surface area contributed by atoms with Crippen molar-refractivity contribution in [1.29, 1.82) is 0 Å². The molecule has 2 amide bonds. The summed E-state index contributed by atoms with van der Waals surface area (Å²) in [6.07, 6.45) is 2.08. The van der Waals surface area contributed by atoms with E-state index in [2.05, 4.69) is 38.4 Å². The van der Waals surface area contributed by atoms with Gasteiger partial charge in [-0.15, -0.1) is 0 Å². The summed E-state index contributed by atoms with van der Waals surface area (Å²) in [4.78, 5) is 28.9. The van der Waals surface area contributed by atoms with Crippen LogP contribution in [0.4, 0.5) is 0 Å². The fraction of sp³-hybridized carbons (Fsp3) is 0.192. The molecule has 4 rings (SSSR count). The van der Waals surface area contributed by atoms with E-state index in [0.717, 1.165) is 23.1 Å². The topological polar surface area (TPSA) is 76.0 Å². The minimum absolute atomic E-state index is 0.0974. The van der Waals surface area contributed by atoms with E-state index in [0.29, 0.717) is 12.1 Å². The molecule has 6 nitrogen and oxygen atoms in total. The SMILES string of the molecule is CC(CC(=O)NCc1ccc(Cn2cnc3ccccc32)cc1)NC(=O)c1ccccc1. The van der Waals surface area contributed by atoms with Crippen LogP contribution >= 0.6 is 0 Å². The number of aromatic nitrogens is 2. The normalized spacial score (nSPS) is 11.8. The standard InChI is InChI=1S/C26H26N4O2/c1-19(29-26(32)22-7-3-2-4-8-22)15-25(31)27-16-20-11-13-21(14-12-20)17-30-18-28-23-9-5-6-10-24(23)30/h2-14,18-19H,15-17H2,1H3,(H,27,31)(H,29,32). The zero-order valence-electron chi connectivity index (χ0n) is 18.0. The van der Waals surface area contributed by atoms with Gasteiger partial charge in [0.25, 0.3) is 5.91 Å². The monoisotopic (exact) mass is 426 g/mol. The number of nitrogens with zero attached hydrogens (tertiary/aromatic N) is 2. The molecule has 2 N–H and O–H groups in total. The second-order valence-electron chi connectivity index (χ2n) is 7.90. The third-order valence-corrected chi connectivity index (χ3v) is 5.30. The van der Waals surface area contributed by atoms with Gasteiger partial charge in [-0.25, -0.2) is 4.98 Å². The lowest BCUT2D eigenvalue weighted by Gasteiger charge is -2.14. The van der Waals surface area contributed by atoms with E-state index in [9.17, 15) is 9.59 Å². The predicted octanol–water partition coefficient (Wildman–Crippen LogP) is 3.91. The van der Waals surface area contributed by atoms with Crippen molar-refractivity contribution in [3.63, 3.8) is 0 Å². The van der Waals surface area contributed by atoms with E-state index in [1.165, 1.54) is 5.56 Å². The number of carbonyl (C=O) groups is 2. The van der Waals surface area contributed by atoms with Crippen molar-refractivity contribution in [3.8, 4) is 0 Å². The van der Waals surface area contributed by atoms with Crippen molar-refractivity contribution in [3.05, 3.63) is 102 Å². The Morgan fingerprint density at radius 3 is 2.38 bits per heavy atom. The number of imidazole rings is 1. The first kappa shape index (κ1) is 21.3. The minimum atomic E-state index is -0.255. The number of rotatable bonds is 8. The summed E-state index contributed by atoms with van der Waals surface area (Å²) >= 11 is 0. The largest absolute Gasteiger partial charge is 0.352 e. The molecule has 4 aromatic rings. The van der Waals surface area contributed by atoms with Crippen LogP contribution in [0.2, 0.25) is 0 Å². The molecular weight excluding hydrogens is 400 g/mol. The van der Waals surface area contributed by atoms with Crippen molar-refractivity contribution >= 4 is 22.8 Å². The Bertz CT molecular complexity index is 1200. The number of benzene rings is 3. The minimum Gasteiger partial charge on any atom is -0.352 e. The summed E-state index contributed by atoms with van der Waals surface area (Å²) in [5.74, 6) is -0.271. The number of hydrogen-bond donors (Lipinski definition) is 2. The maximum atomic E-state index is 12.3. The second kappa shape index (κ2) is 9.92. The molecule has 3 aromatic carbocycles. The Balaban J connectivity index is 1.25. The summed E-state index contributed by atoms with van der Waals surface area (Å²) in [5.41, 5.74) is 4.88. The van der Waals surface area contributed by atoms with Crippen molar-refractivity contribution in [2.75, 3.05) is 0 Å². The van der Waals surface area contributed by atoms with Crippen molar-refractivity contribution in [1.82, 2.24) is 20.2 Å².